The van der Waals surface area contributed by atoms with Gasteiger partial charge in [0, 0.05) is 29.9 Å². The Kier molecular flexibility index (Phi) is 4.12. The number of amides is 1. The fourth-order valence-corrected chi connectivity index (χ4v) is 3.15. The molecular formula is C16H22ClNO2. The molecule has 1 aliphatic heterocycles. The van der Waals surface area contributed by atoms with Crippen molar-refractivity contribution in [3.05, 3.63) is 34.9 Å². The minimum atomic E-state index is -0.928. The van der Waals surface area contributed by atoms with Crippen LogP contribution in [0.5, 0.6) is 0 Å². The van der Waals surface area contributed by atoms with Gasteiger partial charge in [0.15, 0.2) is 0 Å². The first-order valence-electron chi connectivity index (χ1n) is 7.06. The van der Waals surface area contributed by atoms with Crippen LogP contribution in [0, 0.1) is 5.41 Å². The van der Waals surface area contributed by atoms with Crippen molar-refractivity contribution in [1.29, 1.82) is 0 Å². The first-order chi connectivity index (χ1) is 9.30. The van der Waals surface area contributed by atoms with Gasteiger partial charge in [-0.1, -0.05) is 44.5 Å². The van der Waals surface area contributed by atoms with Gasteiger partial charge in [-0.15, -0.1) is 0 Å². The number of benzene rings is 1. The molecule has 0 saturated carbocycles. The second-order valence-electron chi connectivity index (χ2n) is 6.17. The number of piperidine rings is 1. The maximum absolute atomic E-state index is 11.9. The van der Waals surface area contributed by atoms with E-state index < -0.39 is 11.0 Å². The molecule has 1 aromatic carbocycles. The molecule has 1 amide bonds. The molecule has 1 fully saturated rings. The van der Waals surface area contributed by atoms with Gasteiger partial charge in [0.2, 0.25) is 5.91 Å². The summed E-state index contributed by atoms with van der Waals surface area (Å²) in [5, 5.41) is 11.8. The van der Waals surface area contributed by atoms with Gasteiger partial charge in [0.1, 0.15) is 0 Å². The summed E-state index contributed by atoms with van der Waals surface area (Å²) in [4.78, 5) is 13.7. The first-order valence-corrected chi connectivity index (χ1v) is 7.44. The molecule has 1 heterocycles. The molecule has 1 atom stereocenters. The van der Waals surface area contributed by atoms with Crippen molar-refractivity contribution < 1.29 is 9.90 Å². The normalized spacial score (nSPS) is 25.6. The monoisotopic (exact) mass is 295 g/mol. The van der Waals surface area contributed by atoms with E-state index in [1.165, 1.54) is 0 Å². The van der Waals surface area contributed by atoms with E-state index in [4.69, 9.17) is 11.6 Å². The van der Waals surface area contributed by atoms with Crippen LogP contribution in [-0.4, -0.2) is 29.0 Å². The lowest BCUT2D eigenvalue weighted by atomic mass is 9.66. The van der Waals surface area contributed by atoms with Gasteiger partial charge in [-0.25, -0.2) is 0 Å². The predicted molar refractivity (Wildman–Crippen MR) is 80.6 cm³/mol. The Labute approximate surface area is 125 Å². The first kappa shape index (κ1) is 15.3. The number of carbonyl (C=O) groups excluding carboxylic acids is 1. The van der Waals surface area contributed by atoms with Crippen molar-refractivity contribution in [3.8, 4) is 0 Å². The van der Waals surface area contributed by atoms with Crippen LogP contribution in [0.3, 0.4) is 0 Å². The minimum absolute atomic E-state index is 0.149. The third-order valence-electron chi connectivity index (χ3n) is 4.43. The highest BCUT2D eigenvalue weighted by molar-refractivity contribution is 6.30. The Morgan fingerprint density at radius 1 is 1.35 bits per heavy atom. The number of hydrogen-bond donors (Lipinski definition) is 1. The molecule has 1 aromatic rings. The third kappa shape index (κ3) is 2.57. The van der Waals surface area contributed by atoms with Crippen molar-refractivity contribution in [2.45, 2.75) is 39.2 Å². The highest BCUT2D eigenvalue weighted by Gasteiger charge is 2.49. The van der Waals surface area contributed by atoms with E-state index in [2.05, 4.69) is 0 Å². The molecule has 110 valence electrons. The molecule has 0 aromatic heterocycles. The van der Waals surface area contributed by atoms with Gasteiger partial charge in [0.25, 0.3) is 0 Å². The molecule has 0 spiro atoms. The fourth-order valence-electron chi connectivity index (χ4n) is 3.02. The van der Waals surface area contributed by atoms with Gasteiger partial charge < -0.3 is 10.0 Å². The smallest absolute Gasteiger partial charge is 0.222 e. The predicted octanol–water partition coefficient (Wildman–Crippen LogP) is 3.20. The topological polar surface area (TPSA) is 40.5 Å². The summed E-state index contributed by atoms with van der Waals surface area (Å²) in [5.74, 6) is 0.149. The molecule has 0 aliphatic carbocycles. The average Bonchev–Trinajstić information content (AvgIpc) is 2.41. The third-order valence-corrected chi connectivity index (χ3v) is 4.68. The minimum Gasteiger partial charge on any atom is -0.384 e. The number of hydrogen-bond acceptors (Lipinski definition) is 2. The van der Waals surface area contributed by atoms with E-state index in [0.29, 0.717) is 31.0 Å². The quantitative estimate of drug-likeness (QED) is 0.910. The van der Waals surface area contributed by atoms with E-state index >= 15 is 0 Å². The van der Waals surface area contributed by atoms with Gasteiger partial charge >= 0.3 is 0 Å². The zero-order chi connectivity index (χ0) is 15.0. The summed E-state index contributed by atoms with van der Waals surface area (Å²) in [6, 6.07) is 7.35. The molecule has 0 unspecified atom stereocenters. The van der Waals surface area contributed by atoms with Crippen LogP contribution in [0.4, 0.5) is 0 Å². The second kappa shape index (κ2) is 5.38. The molecule has 3 nitrogen and oxygen atoms in total. The van der Waals surface area contributed by atoms with Gasteiger partial charge in [0.05, 0.1) is 5.60 Å². The van der Waals surface area contributed by atoms with E-state index in [-0.39, 0.29) is 5.91 Å². The Morgan fingerprint density at radius 2 is 1.95 bits per heavy atom. The van der Waals surface area contributed by atoms with Crippen molar-refractivity contribution in [2.75, 3.05) is 13.1 Å². The molecule has 1 aliphatic rings. The van der Waals surface area contributed by atoms with Gasteiger partial charge in [-0.3, -0.25) is 4.79 Å². The van der Waals surface area contributed by atoms with E-state index in [9.17, 15) is 9.90 Å². The molecular weight excluding hydrogens is 274 g/mol. The number of aliphatic hydroxyl groups is 1. The summed E-state index contributed by atoms with van der Waals surface area (Å²) >= 11 is 5.92. The van der Waals surface area contributed by atoms with Crippen molar-refractivity contribution >= 4 is 17.5 Å². The maximum atomic E-state index is 11.9. The van der Waals surface area contributed by atoms with Crippen molar-refractivity contribution in [1.82, 2.24) is 4.90 Å². The summed E-state index contributed by atoms with van der Waals surface area (Å²) in [7, 11) is 0. The molecule has 1 saturated heterocycles. The summed E-state index contributed by atoms with van der Waals surface area (Å²) in [5.41, 5.74) is -0.457. The zero-order valence-electron chi connectivity index (χ0n) is 12.3. The standard InChI is InChI=1S/C16H22ClNO2/c1-4-14(19)18-10-9-16(20,15(2,3)11-18)12-5-7-13(17)8-6-12/h5-8,20H,4,9-11H2,1-3H3/t16-/m0/s1. The van der Waals surface area contributed by atoms with Gasteiger partial charge in [-0.2, -0.15) is 0 Å². The van der Waals surface area contributed by atoms with Crippen LogP contribution in [0.2, 0.25) is 5.02 Å². The number of nitrogens with zero attached hydrogens (tertiary/aromatic N) is 1. The molecule has 1 N–H and O–H groups in total. The summed E-state index contributed by atoms with van der Waals surface area (Å²) in [6.45, 7) is 7.05. The fraction of sp³-hybridized carbons (Fsp3) is 0.562. The number of carbonyl (C=O) groups is 1. The van der Waals surface area contributed by atoms with E-state index in [1.807, 2.05) is 37.8 Å². The Bertz CT molecular complexity index is 498. The highest BCUT2D eigenvalue weighted by atomic mass is 35.5. The molecule has 4 heteroatoms. The van der Waals surface area contributed by atoms with Crippen LogP contribution >= 0.6 is 11.6 Å². The molecule has 2 rings (SSSR count). The van der Waals surface area contributed by atoms with Gasteiger partial charge in [-0.05, 0) is 24.1 Å². The maximum Gasteiger partial charge on any atom is 0.222 e. The average molecular weight is 296 g/mol. The van der Waals surface area contributed by atoms with Crippen LogP contribution in [-0.2, 0) is 10.4 Å². The van der Waals surface area contributed by atoms with Crippen molar-refractivity contribution in [2.24, 2.45) is 5.41 Å². The molecule has 20 heavy (non-hydrogen) atoms. The van der Waals surface area contributed by atoms with E-state index in [1.54, 1.807) is 12.1 Å². The zero-order valence-corrected chi connectivity index (χ0v) is 13.1. The lowest BCUT2D eigenvalue weighted by Crippen LogP contribution is -2.56. The highest BCUT2D eigenvalue weighted by Crippen LogP contribution is 2.46. The van der Waals surface area contributed by atoms with Crippen LogP contribution in [0.1, 0.15) is 39.2 Å². The number of halogens is 1. The number of likely N-dealkylation sites (tertiary alicyclic amines) is 1. The Hall–Kier alpha value is -1.06. The number of rotatable bonds is 2. The molecule has 0 radical (unpaired) electrons. The van der Waals surface area contributed by atoms with Crippen LogP contribution in [0.25, 0.3) is 0 Å². The second-order valence-corrected chi connectivity index (χ2v) is 6.61. The van der Waals surface area contributed by atoms with Crippen LogP contribution in [0.15, 0.2) is 24.3 Å². The SMILES string of the molecule is CCC(=O)N1CC[C@](O)(c2ccc(Cl)cc2)C(C)(C)C1. The Morgan fingerprint density at radius 3 is 2.45 bits per heavy atom. The lowest BCUT2D eigenvalue weighted by Gasteiger charge is -2.50. The Balaban J connectivity index is 2.29. The summed E-state index contributed by atoms with van der Waals surface area (Å²) < 4.78 is 0. The lowest BCUT2D eigenvalue weighted by molar-refractivity contribution is -0.152. The van der Waals surface area contributed by atoms with Crippen LogP contribution < -0.4 is 0 Å². The molecule has 0 bridgehead atoms. The van der Waals surface area contributed by atoms with E-state index in [0.717, 1.165) is 5.56 Å². The largest absolute Gasteiger partial charge is 0.384 e. The summed E-state index contributed by atoms with van der Waals surface area (Å²) in [6.07, 6.45) is 1.06. The van der Waals surface area contributed by atoms with Crippen molar-refractivity contribution in [3.63, 3.8) is 0 Å².